The minimum Gasteiger partial charge on any atom is -0.394 e. The molecule has 50 valence electrons. The van der Waals surface area contributed by atoms with E-state index in [2.05, 4.69) is 5.32 Å². The van der Waals surface area contributed by atoms with Gasteiger partial charge in [0.05, 0.1) is 12.7 Å². The van der Waals surface area contributed by atoms with Crippen molar-refractivity contribution in [2.45, 2.75) is 12.5 Å². The Morgan fingerprint density at radius 3 is 2.62 bits per heavy atom. The predicted octanol–water partition coefficient (Wildman–Crippen LogP) is -1.05. The highest BCUT2D eigenvalue weighted by Gasteiger charge is 1.97. The van der Waals surface area contributed by atoms with Gasteiger partial charge in [-0.2, -0.15) is 0 Å². The van der Waals surface area contributed by atoms with Crippen LogP contribution in [0.3, 0.4) is 0 Å². The average Bonchev–Trinajstić information content (AvgIpc) is 1.83. The van der Waals surface area contributed by atoms with E-state index < -0.39 is 6.10 Å². The first-order valence-corrected chi connectivity index (χ1v) is 2.74. The Morgan fingerprint density at radius 2 is 2.25 bits per heavy atom. The van der Waals surface area contributed by atoms with Gasteiger partial charge in [-0.3, -0.25) is 0 Å². The lowest BCUT2D eigenvalue weighted by Crippen LogP contribution is -2.19. The molecule has 3 N–H and O–H groups in total. The maximum absolute atomic E-state index is 8.70. The van der Waals surface area contributed by atoms with E-state index in [0.717, 1.165) is 6.54 Å². The van der Waals surface area contributed by atoms with Crippen molar-refractivity contribution in [1.29, 1.82) is 0 Å². The zero-order valence-corrected chi connectivity index (χ0v) is 5.09. The van der Waals surface area contributed by atoms with Crippen molar-refractivity contribution in [3.8, 4) is 0 Å². The molecular formula is C5H13NO2. The Balaban J connectivity index is 2.86. The molecule has 0 amide bonds. The molecule has 0 saturated carbocycles. The van der Waals surface area contributed by atoms with Crippen LogP contribution >= 0.6 is 0 Å². The lowest BCUT2D eigenvalue weighted by atomic mass is 10.3. The molecule has 0 unspecified atom stereocenters. The molecule has 0 spiro atoms. The van der Waals surface area contributed by atoms with E-state index in [4.69, 9.17) is 10.2 Å². The first-order valence-electron chi connectivity index (χ1n) is 2.74. The van der Waals surface area contributed by atoms with Crippen LogP contribution in [-0.4, -0.2) is 36.5 Å². The van der Waals surface area contributed by atoms with Crippen molar-refractivity contribution in [2.24, 2.45) is 0 Å². The van der Waals surface area contributed by atoms with Crippen LogP contribution in [-0.2, 0) is 0 Å². The smallest absolute Gasteiger partial charge is 0.0783 e. The molecule has 3 heteroatoms. The number of nitrogens with one attached hydrogen (secondary N) is 1. The third-order valence-corrected chi connectivity index (χ3v) is 0.938. The standard InChI is InChI=1S/C5H13NO2/c1-6-3-2-5(8)4-7/h5-8H,2-4H2,1H3/t5-/m0/s1. The van der Waals surface area contributed by atoms with Gasteiger partial charge in [-0.25, -0.2) is 0 Å². The van der Waals surface area contributed by atoms with E-state index in [1.165, 1.54) is 0 Å². The molecule has 8 heavy (non-hydrogen) atoms. The summed E-state index contributed by atoms with van der Waals surface area (Å²) in [5.41, 5.74) is 0. The molecule has 0 saturated heterocycles. The number of aliphatic hydroxyl groups excluding tert-OH is 2. The summed E-state index contributed by atoms with van der Waals surface area (Å²) < 4.78 is 0. The van der Waals surface area contributed by atoms with Crippen LogP contribution in [0.1, 0.15) is 6.42 Å². The summed E-state index contributed by atoms with van der Waals surface area (Å²) in [4.78, 5) is 0. The van der Waals surface area contributed by atoms with Gasteiger partial charge in [0.15, 0.2) is 0 Å². The zero-order chi connectivity index (χ0) is 6.41. The van der Waals surface area contributed by atoms with Gasteiger partial charge >= 0.3 is 0 Å². The van der Waals surface area contributed by atoms with Gasteiger partial charge in [-0.1, -0.05) is 0 Å². The maximum Gasteiger partial charge on any atom is 0.0783 e. The molecule has 3 nitrogen and oxygen atoms in total. The Morgan fingerprint density at radius 1 is 1.62 bits per heavy atom. The van der Waals surface area contributed by atoms with Gasteiger partial charge in [0.25, 0.3) is 0 Å². The van der Waals surface area contributed by atoms with Crippen LogP contribution in [0, 0.1) is 0 Å². The van der Waals surface area contributed by atoms with E-state index in [-0.39, 0.29) is 6.61 Å². The molecule has 1 atom stereocenters. The fourth-order valence-corrected chi connectivity index (χ4v) is 0.402. The molecule has 0 aromatic carbocycles. The monoisotopic (exact) mass is 119 g/mol. The van der Waals surface area contributed by atoms with Crippen molar-refractivity contribution in [3.05, 3.63) is 0 Å². The van der Waals surface area contributed by atoms with Gasteiger partial charge in [0.1, 0.15) is 0 Å². The maximum atomic E-state index is 8.70. The number of rotatable bonds is 4. The summed E-state index contributed by atoms with van der Waals surface area (Å²) in [5.74, 6) is 0. The zero-order valence-electron chi connectivity index (χ0n) is 5.09. The quantitative estimate of drug-likeness (QED) is 0.442. The molecule has 0 bridgehead atoms. The highest BCUT2D eigenvalue weighted by molar-refractivity contribution is 4.52. The lowest BCUT2D eigenvalue weighted by Gasteiger charge is -2.03. The van der Waals surface area contributed by atoms with Crippen molar-refractivity contribution < 1.29 is 10.2 Å². The number of aliphatic hydroxyl groups is 2. The highest BCUT2D eigenvalue weighted by Crippen LogP contribution is 1.85. The minimum atomic E-state index is -0.553. The topological polar surface area (TPSA) is 52.5 Å². The minimum absolute atomic E-state index is 0.137. The third-order valence-electron chi connectivity index (χ3n) is 0.938. The fourth-order valence-electron chi connectivity index (χ4n) is 0.402. The van der Waals surface area contributed by atoms with Crippen LogP contribution in [0.2, 0.25) is 0 Å². The van der Waals surface area contributed by atoms with Gasteiger partial charge in [-0.15, -0.1) is 0 Å². The largest absolute Gasteiger partial charge is 0.394 e. The van der Waals surface area contributed by atoms with E-state index in [0.29, 0.717) is 6.42 Å². The van der Waals surface area contributed by atoms with Crippen LogP contribution in [0.15, 0.2) is 0 Å². The first kappa shape index (κ1) is 7.88. The van der Waals surface area contributed by atoms with Crippen molar-refractivity contribution >= 4 is 0 Å². The number of hydrogen-bond acceptors (Lipinski definition) is 3. The van der Waals surface area contributed by atoms with Gasteiger partial charge in [0, 0.05) is 0 Å². The van der Waals surface area contributed by atoms with E-state index in [9.17, 15) is 0 Å². The van der Waals surface area contributed by atoms with Crippen molar-refractivity contribution in [1.82, 2.24) is 5.32 Å². The second-order valence-corrected chi connectivity index (χ2v) is 1.73. The summed E-state index contributed by atoms with van der Waals surface area (Å²) in [5, 5.41) is 19.8. The molecular weight excluding hydrogens is 106 g/mol. The molecule has 0 heterocycles. The molecule has 0 aromatic rings. The second-order valence-electron chi connectivity index (χ2n) is 1.73. The van der Waals surface area contributed by atoms with Gasteiger partial charge in [0.2, 0.25) is 0 Å². The van der Waals surface area contributed by atoms with Crippen molar-refractivity contribution in [2.75, 3.05) is 20.2 Å². The summed E-state index contributed by atoms with van der Waals surface area (Å²) >= 11 is 0. The first-order chi connectivity index (χ1) is 3.81. The van der Waals surface area contributed by atoms with Crippen LogP contribution in [0.25, 0.3) is 0 Å². The molecule has 0 aliphatic rings. The Kier molecular flexibility index (Phi) is 4.95. The highest BCUT2D eigenvalue weighted by atomic mass is 16.3. The van der Waals surface area contributed by atoms with Gasteiger partial charge in [-0.05, 0) is 20.0 Å². The average molecular weight is 119 g/mol. The van der Waals surface area contributed by atoms with E-state index >= 15 is 0 Å². The molecule has 0 rings (SSSR count). The summed E-state index contributed by atoms with van der Waals surface area (Å²) in [6, 6.07) is 0. The lowest BCUT2D eigenvalue weighted by molar-refractivity contribution is 0.0888. The second kappa shape index (κ2) is 5.03. The van der Waals surface area contributed by atoms with Crippen LogP contribution in [0.4, 0.5) is 0 Å². The molecule has 0 radical (unpaired) electrons. The summed E-state index contributed by atoms with van der Waals surface area (Å²) in [6.45, 7) is 0.614. The van der Waals surface area contributed by atoms with E-state index in [1.807, 2.05) is 7.05 Å². The van der Waals surface area contributed by atoms with Crippen LogP contribution in [0.5, 0.6) is 0 Å². The molecule has 0 fully saturated rings. The molecule has 0 aliphatic heterocycles. The normalized spacial score (nSPS) is 13.9. The van der Waals surface area contributed by atoms with Crippen LogP contribution < -0.4 is 5.32 Å². The summed E-state index contributed by atoms with van der Waals surface area (Å²) in [7, 11) is 1.81. The Labute approximate surface area is 49.3 Å². The van der Waals surface area contributed by atoms with Gasteiger partial charge < -0.3 is 15.5 Å². The third kappa shape index (κ3) is 4.05. The SMILES string of the molecule is CNCC[C@H](O)CO. The predicted molar refractivity (Wildman–Crippen MR) is 31.6 cm³/mol. The Hall–Kier alpha value is -0.120. The Bertz CT molecular complexity index is 49.7. The fraction of sp³-hybridized carbons (Fsp3) is 1.00. The number of hydrogen-bond donors (Lipinski definition) is 3. The van der Waals surface area contributed by atoms with Crippen molar-refractivity contribution in [3.63, 3.8) is 0 Å². The molecule has 0 aliphatic carbocycles. The summed E-state index contributed by atoms with van der Waals surface area (Å²) in [6.07, 6.45) is 0.0648. The van der Waals surface area contributed by atoms with E-state index in [1.54, 1.807) is 0 Å². The molecule has 0 aromatic heterocycles.